The normalized spacial score (nSPS) is 22.5. The largest absolute Gasteiger partial charge is 0.467 e. The Kier molecular flexibility index (Phi) is 5.33. The van der Waals surface area contributed by atoms with Crippen LogP contribution in [0.3, 0.4) is 0 Å². The van der Waals surface area contributed by atoms with Gasteiger partial charge in [-0.15, -0.1) is 0 Å². The molecule has 1 saturated heterocycles. The van der Waals surface area contributed by atoms with Crippen molar-refractivity contribution in [3.63, 3.8) is 0 Å². The summed E-state index contributed by atoms with van der Waals surface area (Å²) in [6.07, 6.45) is 9.71. The number of urea groups is 1. The number of hydrogen-bond donors (Lipinski definition) is 1. The van der Waals surface area contributed by atoms with Crippen molar-refractivity contribution in [3.8, 4) is 0 Å². The Morgan fingerprint density at radius 1 is 1.09 bits per heavy atom. The van der Waals surface area contributed by atoms with Crippen molar-refractivity contribution in [3.05, 3.63) is 71.3 Å². The van der Waals surface area contributed by atoms with E-state index >= 15 is 0 Å². The first-order valence-corrected chi connectivity index (χ1v) is 11.3. The van der Waals surface area contributed by atoms with Gasteiger partial charge in [-0.2, -0.15) is 0 Å². The van der Waals surface area contributed by atoms with Crippen LogP contribution in [-0.4, -0.2) is 34.2 Å². The van der Waals surface area contributed by atoms with Crippen molar-refractivity contribution in [2.75, 3.05) is 6.54 Å². The molecule has 3 aliphatic rings. The van der Waals surface area contributed by atoms with Crippen molar-refractivity contribution >= 4 is 17.8 Å². The first-order valence-electron chi connectivity index (χ1n) is 11.3. The molecular weight excluding hydrogens is 406 g/mol. The van der Waals surface area contributed by atoms with Crippen LogP contribution in [0.2, 0.25) is 0 Å². The molecule has 166 valence electrons. The van der Waals surface area contributed by atoms with E-state index in [9.17, 15) is 14.4 Å². The van der Waals surface area contributed by atoms with E-state index in [1.165, 1.54) is 0 Å². The van der Waals surface area contributed by atoms with Crippen LogP contribution in [-0.2, 0) is 28.1 Å². The Bertz CT molecular complexity index is 1070. The summed E-state index contributed by atoms with van der Waals surface area (Å²) < 4.78 is 5.47. The van der Waals surface area contributed by atoms with E-state index in [4.69, 9.17) is 4.42 Å². The summed E-state index contributed by atoms with van der Waals surface area (Å²) in [5.74, 6) is 0.0532. The van der Waals surface area contributed by atoms with Gasteiger partial charge in [-0.1, -0.05) is 30.3 Å². The molecular formula is C25H27N3O4. The van der Waals surface area contributed by atoms with Gasteiger partial charge >= 0.3 is 6.03 Å². The molecule has 1 atom stereocenters. The fraction of sp³-hybridized carbons (Fsp3) is 0.400. The molecule has 2 aromatic rings. The van der Waals surface area contributed by atoms with Crippen molar-refractivity contribution in [1.82, 2.24) is 15.1 Å². The number of fused-ring (bicyclic) bond motifs is 2. The topological polar surface area (TPSA) is 82.9 Å². The Balaban J connectivity index is 1.40. The molecule has 7 heteroatoms. The van der Waals surface area contributed by atoms with Gasteiger partial charge < -0.3 is 14.6 Å². The number of carbonyl (C=O) groups is 3. The third-order valence-corrected chi connectivity index (χ3v) is 6.75. The van der Waals surface area contributed by atoms with Crippen LogP contribution in [0.25, 0.3) is 0 Å². The highest BCUT2D eigenvalue weighted by atomic mass is 16.3. The van der Waals surface area contributed by atoms with Gasteiger partial charge in [0.15, 0.2) is 0 Å². The number of amides is 4. The SMILES string of the molecule is O=C(CN1C(=O)N[C@]2(CCCc3ccccc32)C1=O)N(Cc1ccco1)C1=CCCCC1. The van der Waals surface area contributed by atoms with Gasteiger partial charge in [0, 0.05) is 5.70 Å². The highest BCUT2D eigenvalue weighted by Gasteiger charge is 2.54. The van der Waals surface area contributed by atoms with E-state index in [0.717, 1.165) is 60.2 Å². The second-order valence-electron chi connectivity index (χ2n) is 8.74. The zero-order valence-electron chi connectivity index (χ0n) is 18.0. The van der Waals surface area contributed by atoms with Gasteiger partial charge in [0.1, 0.15) is 17.8 Å². The lowest BCUT2D eigenvalue weighted by atomic mass is 9.76. The molecule has 4 amide bonds. The van der Waals surface area contributed by atoms with Gasteiger partial charge in [0.2, 0.25) is 5.91 Å². The van der Waals surface area contributed by atoms with Crippen LogP contribution in [0.4, 0.5) is 4.79 Å². The first kappa shape index (κ1) is 20.5. The average molecular weight is 434 g/mol. The zero-order valence-corrected chi connectivity index (χ0v) is 18.0. The van der Waals surface area contributed by atoms with Crippen LogP contribution in [0.1, 0.15) is 55.4 Å². The molecule has 32 heavy (non-hydrogen) atoms. The molecule has 0 unspecified atom stereocenters. The molecule has 1 spiro atoms. The number of imide groups is 1. The molecule has 2 aliphatic carbocycles. The summed E-state index contributed by atoms with van der Waals surface area (Å²) in [6.45, 7) is 0.00191. The summed E-state index contributed by atoms with van der Waals surface area (Å²) >= 11 is 0. The van der Waals surface area contributed by atoms with Crippen LogP contribution < -0.4 is 5.32 Å². The zero-order chi connectivity index (χ0) is 22.1. The highest BCUT2D eigenvalue weighted by Crippen LogP contribution is 2.40. The summed E-state index contributed by atoms with van der Waals surface area (Å²) in [6, 6.07) is 10.9. The molecule has 1 aromatic heterocycles. The number of nitrogens with zero attached hydrogens (tertiary/aromatic N) is 2. The molecule has 7 nitrogen and oxygen atoms in total. The molecule has 1 aliphatic heterocycles. The maximum absolute atomic E-state index is 13.5. The summed E-state index contributed by atoms with van der Waals surface area (Å²) in [5.41, 5.74) is 1.79. The number of rotatable bonds is 5. The van der Waals surface area contributed by atoms with Gasteiger partial charge in [-0.3, -0.25) is 14.5 Å². The van der Waals surface area contributed by atoms with Gasteiger partial charge in [0.05, 0.1) is 12.8 Å². The molecule has 0 bridgehead atoms. The van der Waals surface area contributed by atoms with E-state index in [0.29, 0.717) is 12.2 Å². The number of furan rings is 1. The Morgan fingerprint density at radius 3 is 2.75 bits per heavy atom. The van der Waals surface area contributed by atoms with Gasteiger partial charge in [0.25, 0.3) is 5.91 Å². The minimum absolute atomic E-state index is 0.279. The number of nitrogens with one attached hydrogen (secondary N) is 1. The van der Waals surface area contributed by atoms with Gasteiger partial charge in [-0.05, 0) is 68.2 Å². The van der Waals surface area contributed by atoms with E-state index in [1.807, 2.05) is 30.3 Å². The summed E-state index contributed by atoms with van der Waals surface area (Å²) in [4.78, 5) is 42.6. The maximum atomic E-state index is 13.5. The van der Waals surface area contributed by atoms with Crippen LogP contribution in [0, 0.1) is 0 Å². The Hall–Kier alpha value is -3.35. The molecule has 1 aromatic carbocycles. The minimum Gasteiger partial charge on any atom is -0.467 e. The fourth-order valence-corrected chi connectivity index (χ4v) is 5.15. The summed E-state index contributed by atoms with van der Waals surface area (Å²) in [7, 11) is 0. The number of benzene rings is 1. The second kappa shape index (κ2) is 8.30. The first-order chi connectivity index (χ1) is 15.6. The molecule has 0 radical (unpaired) electrons. The standard InChI is InChI=1S/C25H27N3O4/c29-22(27(16-20-12-7-15-32-20)19-10-2-1-3-11-19)17-28-23(30)25(26-24(28)31)14-6-9-18-8-4-5-13-21(18)25/h4-5,7-8,10,12-13,15H,1-3,6,9,11,14,16-17H2,(H,26,31)/t25-/m0/s1. The Labute approximate surface area is 187 Å². The highest BCUT2D eigenvalue weighted by molar-refractivity contribution is 6.09. The lowest BCUT2D eigenvalue weighted by Crippen LogP contribution is -2.47. The molecule has 2 heterocycles. The molecule has 1 N–H and O–H groups in total. The van der Waals surface area contributed by atoms with Crippen molar-refractivity contribution < 1.29 is 18.8 Å². The van der Waals surface area contributed by atoms with Crippen LogP contribution >= 0.6 is 0 Å². The molecule has 5 rings (SSSR count). The van der Waals surface area contributed by atoms with Crippen LogP contribution in [0.5, 0.6) is 0 Å². The minimum atomic E-state index is -1.07. The monoisotopic (exact) mass is 433 g/mol. The maximum Gasteiger partial charge on any atom is 0.325 e. The summed E-state index contributed by atoms with van der Waals surface area (Å²) in [5, 5.41) is 2.93. The second-order valence-corrected chi connectivity index (χ2v) is 8.74. The quantitative estimate of drug-likeness (QED) is 0.726. The number of allylic oxidation sites excluding steroid dienone is 2. The van der Waals surface area contributed by atoms with E-state index < -0.39 is 11.6 Å². The predicted molar refractivity (Wildman–Crippen MR) is 117 cm³/mol. The molecule has 0 saturated carbocycles. The lowest BCUT2D eigenvalue weighted by Gasteiger charge is -2.33. The van der Waals surface area contributed by atoms with E-state index in [1.54, 1.807) is 17.2 Å². The molecule has 1 fully saturated rings. The number of aryl methyl sites for hydroxylation is 1. The van der Waals surface area contributed by atoms with Crippen molar-refractivity contribution in [2.45, 2.75) is 57.0 Å². The van der Waals surface area contributed by atoms with Crippen molar-refractivity contribution in [1.29, 1.82) is 0 Å². The van der Waals surface area contributed by atoms with Crippen molar-refractivity contribution in [2.24, 2.45) is 0 Å². The number of carbonyl (C=O) groups excluding carboxylic acids is 3. The van der Waals surface area contributed by atoms with E-state index in [2.05, 4.69) is 11.4 Å². The predicted octanol–water partition coefficient (Wildman–Crippen LogP) is 3.85. The van der Waals surface area contributed by atoms with E-state index in [-0.39, 0.29) is 24.9 Å². The third-order valence-electron chi connectivity index (χ3n) is 6.75. The smallest absolute Gasteiger partial charge is 0.325 e. The van der Waals surface area contributed by atoms with Gasteiger partial charge in [-0.25, -0.2) is 4.79 Å². The third kappa shape index (κ3) is 3.51. The lowest BCUT2D eigenvalue weighted by molar-refractivity contribution is -0.139. The Morgan fingerprint density at radius 2 is 1.97 bits per heavy atom. The number of hydrogen-bond acceptors (Lipinski definition) is 4. The van der Waals surface area contributed by atoms with Crippen LogP contribution in [0.15, 0.2) is 58.9 Å². The average Bonchev–Trinajstić information content (AvgIpc) is 3.41. The fourth-order valence-electron chi connectivity index (χ4n) is 5.15.